The predicted molar refractivity (Wildman–Crippen MR) is 158 cm³/mol. The highest BCUT2D eigenvalue weighted by atomic mass is 35.5. The minimum absolute atomic E-state index is 0.0355. The summed E-state index contributed by atoms with van der Waals surface area (Å²) >= 11 is 6.00. The van der Waals surface area contributed by atoms with Gasteiger partial charge in [0.15, 0.2) is 11.5 Å². The number of hydrogen-bond acceptors (Lipinski definition) is 7. The Morgan fingerprint density at radius 1 is 1.19 bits per heavy atom. The lowest BCUT2D eigenvalue weighted by Crippen LogP contribution is -2.30. The smallest absolute Gasteiger partial charge is 0.411 e. The monoisotopic (exact) mass is 608 g/mol. The molecule has 14 heteroatoms. The lowest BCUT2D eigenvalue weighted by molar-refractivity contribution is -0.119. The largest absolute Gasteiger partial charge is 0.453 e. The van der Waals surface area contributed by atoms with Crippen LogP contribution in [0, 0.1) is 25.6 Å². The van der Waals surface area contributed by atoms with E-state index in [2.05, 4.69) is 41.0 Å². The second kappa shape index (κ2) is 12.2. The average molecular weight is 609 g/mol. The normalized spacial score (nSPS) is 16.7. The van der Waals surface area contributed by atoms with Gasteiger partial charge < -0.3 is 20.4 Å². The molecule has 0 spiro atoms. The number of anilines is 2. The third-order valence-corrected chi connectivity index (χ3v) is 7.70. The van der Waals surface area contributed by atoms with Gasteiger partial charge in [0.05, 0.1) is 41.4 Å². The van der Waals surface area contributed by atoms with Crippen LogP contribution in [0.25, 0.3) is 17.1 Å². The molecule has 12 nitrogen and oxygen atoms in total. The third-order valence-electron chi connectivity index (χ3n) is 7.41. The van der Waals surface area contributed by atoms with E-state index in [9.17, 15) is 18.8 Å². The fourth-order valence-electron chi connectivity index (χ4n) is 4.95. The number of nitrogens with one attached hydrogen (secondary N) is 4. The summed E-state index contributed by atoms with van der Waals surface area (Å²) in [6, 6.07) is 7.63. The fourth-order valence-corrected chi connectivity index (χ4v) is 5.10. The molecular weight excluding hydrogens is 579 g/mol. The number of rotatable bonds is 4. The van der Waals surface area contributed by atoms with E-state index in [0.717, 1.165) is 0 Å². The molecule has 1 aliphatic heterocycles. The molecule has 43 heavy (non-hydrogen) atoms. The highest BCUT2D eigenvalue weighted by Crippen LogP contribution is 2.32. The summed E-state index contributed by atoms with van der Waals surface area (Å²) in [7, 11) is 1.26. The minimum atomic E-state index is -0.655. The van der Waals surface area contributed by atoms with Gasteiger partial charge in [0.25, 0.3) is 5.91 Å². The van der Waals surface area contributed by atoms with Crippen LogP contribution in [0.5, 0.6) is 0 Å². The van der Waals surface area contributed by atoms with Gasteiger partial charge in [-0.2, -0.15) is 0 Å². The molecule has 0 radical (unpaired) electrons. The van der Waals surface area contributed by atoms with Crippen molar-refractivity contribution < 1.29 is 23.5 Å². The van der Waals surface area contributed by atoms with E-state index in [1.165, 1.54) is 17.9 Å². The second-order valence-corrected chi connectivity index (χ2v) is 10.8. The summed E-state index contributed by atoms with van der Waals surface area (Å²) < 4.78 is 20.8. The molecule has 0 saturated carbocycles. The van der Waals surface area contributed by atoms with E-state index in [1.807, 2.05) is 6.92 Å². The number of methoxy groups -OCH3 is 1. The minimum Gasteiger partial charge on any atom is -0.453 e. The first-order valence-electron chi connectivity index (χ1n) is 13.6. The zero-order valence-electron chi connectivity index (χ0n) is 23.9. The molecule has 3 heterocycles. The molecule has 2 aromatic heterocycles. The number of carbonyl (C=O) groups excluding carboxylic acids is 3. The number of fused-ring (bicyclic) bond motifs is 4. The quantitative estimate of drug-likeness (QED) is 0.239. The first kappa shape index (κ1) is 29.7. The van der Waals surface area contributed by atoms with Crippen LogP contribution in [-0.2, 0) is 9.53 Å². The molecule has 0 saturated heterocycles. The van der Waals surface area contributed by atoms with Crippen molar-refractivity contribution in [2.24, 2.45) is 5.92 Å². The fraction of sp³-hybridized carbons (Fsp3) is 0.310. The Hall–Kier alpha value is -4.78. The summed E-state index contributed by atoms with van der Waals surface area (Å²) in [4.78, 5) is 46.0. The van der Waals surface area contributed by atoms with Crippen LogP contribution in [-0.4, -0.2) is 50.0 Å². The lowest BCUT2D eigenvalue weighted by Gasteiger charge is -2.20. The van der Waals surface area contributed by atoms with Crippen LogP contribution in [0.1, 0.15) is 59.7 Å². The third kappa shape index (κ3) is 6.07. The standard InChI is InChI=1S/C29H30ClFN8O4/c1-14-8-11-19(30)23(31)25(14)39-16(3)24(37-38-39)28(41)35-20-7-5-6-15(2)27(40)36-21-12-17(33-29(42)43-4)9-10-18(21)26-32-13-22(20)34-26/h8-13,15,20H,5-7H2,1-4H3,(H,32,34)(H,33,42)(H,35,41)(H,36,40). The van der Waals surface area contributed by atoms with E-state index in [4.69, 9.17) is 11.6 Å². The first-order chi connectivity index (χ1) is 20.6. The van der Waals surface area contributed by atoms with Gasteiger partial charge in [-0.15, -0.1) is 5.10 Å². The van der Waals surface area contributed by atoms with Crippen molar-refractivity contribution in [3.8, 4) is 17.1 Å². The second-order valence-electron chi connectivity index (χ2n) is 10.4. The van der Waals surface area contributed by atoms with Crippen molar-refractivity contribution in [2.75, 3.05) is 17.7 Å². The number of halogens is 2. The van der Waals surface area contributed by atoms with Gasteiger partial charge in [-0.3, -0.25) is 14.9 Å². The molecule has 2 aromatic carbocycles. The van der Waals surface area contributed by atoms with Crippen LogP contribution in [0.4, 0.5) is 20.6 Å². The summed E-state index contributed by atoms with van der Waals surface area (Å²) in [5.74, 6) is -1.23. The number of H-pyrrole nitrogens is 1. The van der Waals surface area contributed by atoms with Gasteiger partial charge in [-0.05, 0) is 56.5 Å². The summed E-state index contributed by atoms with van der Waals surface area (Å²) in [5, 5.41) is 16.6. The number of amides is 3. The molecule has 1 aliphatic rings. The van der Waals surface area contributed by atoms with Crippen molar-refractivity contribution >= 4 is 40.9 Å². The Morgan fingerprint density at radius 3 is 2.74 bits per heavy atom. The number of aryl methyl sites for hydroxylation is 1. The number of imidazole rings is 1. The molecule has 2 atom stereocenters. The molecule has 2 unspecified atom stereocenters. The van der Waals surface area contributed by atoms with Crippen molar-refractivity contribution in [1.29, 1.82) is 0 Å². The van der Waals surface area contributed by atoms with Crippen LogP contribution in [0.15, 0.2) is 36.5 Å². The highest BCUT2D eigenvalue weighted by molar-refractivity contribution is 6.31. The molecular formula is C29H30ClFN8O4. The molecule has 0 fully saturated rings. The van der Waals surface area contributed by atoms with Gasteiger partial charge >= 0.3 is 6.09 Å². The molecule has 5 rings (SSSR count). The van der Waals surface area contributed by atoms with E-state index >= 15 is 0 Å². The van der Waals surface area contributed by atoms with Gasteiger partial charge in [-0.25, -0.2) is 18.9 Å². The van der Waals surface area contributed by atoms with Crippen LogP contribution >= 0.6 is 11.6 Å². The topological polar surface area (TPSA) is 156 Å². The van der Waals surface area contributed by atoms with E-state index < -0.39 is 23.9 Å². The maximum atomic E-state index is 14.9. The van der Waals surface area contributed by atoms with E-state index in [1.54, 1.807) is 44.3 Å². The zero-order chi connectivity index (χ0) is 30.8. The van der Waals surface area contributed by atoms with Crippen molar-refractivity contribution in [1.82, 2.24) is 30.3 Å². The number of hydrogen-bond donors (Lipinski definition) is 4. The molecule has 4 aromatic rings. The van der Waals surface area contributed by atoms with Gasteiger partial charge in [-0.1, -0.05) is 36.2 Å². The van der Waals surface area contributed by atoms with Crippen LogP contribution in [0.2, 0.25) is 5.02 Å². The summed E-state index contributed by atoms with van der Waals surface area (Å²) in [6.45, 7) is 5.17. The number of aromatic amines is 1. The van der Waals surface area contributed by atoms with E-state index in [-0.39, 0.29) is 28.2 Å². The van der Waals surface area contributed by atoms with Crippen molar-refractivity contribution in [3.05, 3.63) is 70.0 Å². The van der Waals surface area contributed by atoms with Gasteiger partial charge in [0.1, 0.15) is 11.5 Å². The first-order valence-corrected chi connectivity index (χ1v) is 14.0. The Balaban J connectivity index is 1.46. The number of aromatic nitrogens is 5. The Kier molecular flexibility index (Phi) is 8.44. The summed E-state index contributed by atoms with van der Waals surface area (Å²) in [6.07, 6.45) is 2.66. The maximum absolute atomic E-state index is 14.9. The van der Waals surface area contributed by atoms with Gasteiger partial charge in [0, 0.05) is 17.2 Å². The number of nitrogens with zero attached hydrogens (tertiary/aromatic N) is 4. The Morgan fingerprint density at radius 2 is 1.98 bits per heavy atom. The number of ether oxygens (including phenoxy) is 1. The van der Waals surface area contributed by atoms with Gasteiger partial charge in [0.2, 0.25) is 5.91 Å². The molecule has 2 bridgehead atoms. The number of benzene rings is 2. The molecule has 0 aliphatic carbocycles. The van der Waals surface area contributed by atoms with E-state index in [0.29, 0.717) is 59.0 Å². The van der Waals surface area contributed by atoms with Crippen LogP contribution in [0.3, 0.4) is 0 Å². The van der Waals surface area contributed by atoms with Crippen LogP contribution < -0.4 is 16.0 Å². The lowest BCUT2D eigenvalue weighted by atomic mass is 9.98. The molecule has 224 valence electrons. The molecule has 4 N–H and O–H groups in total. The number of carbonyl (C=O) groups is 3. The SMILES string of the molecule is COC(=O)Nc1ccc2c(c1)NC(=O)C(C)CCCC(NC(=O)c1nnn(-c3c(C)ccc(Cl)c3F)c1C)c1cnc-2[nH]1. The average Bonchev–Trinajstić information content (AvgIpc) is 3.61. The zero-order valence-corrected chi connectivity index (χ0v) is 24.7. The Bertz CT molecular complexity index is 1720. The summed E-state index contributed by atoms with van der Waals surface area (Å²) in [5.41, 5.74) is 3.19. The van der Waals surface area contributed by atoms with Crippen molar-refractivity contribution in [3.63, 3.8) is 0 Å². The molecule has 3 amide bonds. The van der Waals surface area contributed by atoms with Crippen molar-refractivity contribution in [2.45, 2.75) is 46.1 Å². The predicted octanol–water partition coefficient (Wildman–Crippen LogP) is 5.47. The highest BCUT2D eigenvalue weighted by Gasteiger charge is 2.26. The Labute approximate surface area is 251 Å². The maximum Gasteiger partial charge on any atom is 0.411 e.